The number of nitrogens with one attached hydrogen (secondary N) is 1. The molecule has 5 rings (SSSR count). The molecule has 0 unspecified atom stereocenters. The second-order valence-electron chi connectivity index (χ2n) is 9.49. The number of nitrogens with zero attached hydrogens (tertiary/aromatic N) is 1. The minimum Gasteiger partial charge on any atom is -0.494 e. The van der Waals surface area contributed by atoms with E-state index in [0.29, 0.717) is 46.1 Å². The van der Waals surface area contributed by atoms with Crippen molar-refractivity contribution in [1.82, 2.24) is 9.29 Å². The second-order valence-corrected chi connectivity index (χ2v) is 11.4. The molecule has 2 heterocycles. The fourth-order valence-electron chi connectivity index (χ4n) is 4.97. The number of rotatable bonds is 8. The lowest BCUT2D eigenvalue weighted by Gasteiger charge is -2.25. The highest BCUT2D eigenvalue weighted by Crippen LogP contribution is 2.34. The van der Waals surface area contributed by atoms with Crippen molar-refractivity contribution >= 4 is 20.9 Å². The zero-order chi connectivity index (χ0) is 27.0. The first-order valence-electron chi connectivity index (χ1n) is 12.4. The van der Waals surface area contributed by atoms with Crippen LogP contribution in [0.2, 0.25) is 0 Å². The average molecular weight is 535 g/mol. The van der Waals surface area contributed by atoms with Crippen LogP contribution in [0.25, 0.3) is 10.9 Å². The lowest BCUT2D eigenvalue weighted by atomic mass is 10.1. The number of hydrogen-bond donors (Lipinski definition) is 1. The number of aromatic nitrogens is 1. The van der Waals surface area contributed by atoms with Crippen LogP contribution in [0.3, 0.4) is 0 Å². The van der Waals surface area contributed by atoms with Gasteiger partial charge in [0.05, 0.1) is 11.5 Å². The number of aryl methyl sites for hydroxylation is 3. The smallest absolute Gasteiger partial charge is 0.252 e. The minimum absolute atomic E-state index is 0.0438. The van der Waals surface area contributed by atoms with Crippen LogP contribution in [-0.2, 0) is 23.1 Å². The summed E-state index contributed by atoms with van der Waals surface area (Å²) in [6.07, 6.45) is 0. The first kappa shape index (κ1) is 25.8. The van der Waals surface area contributed by atoms with Crippen LogP contribution < -0.4 is 19.8 Å². The zero-order valence-corrected chi connectivity index (χ0v) is 22.6. The van der Waals surface area contributed by atoms with Gasteiger partial charge in [-0.05, 0) is 80.8 Å². The highest BCUT2D eigenvalue weighted by atomic mass is 32.2. The molecule has 1 N–H and O–H groups in total. The normalized spacial score (nSPS) is 12.9. The molecule has 0 aliphatic carbocycles. The van der Waals surface area contributed by atoms with Crippen LogP contribution in [-0.4, -0.2) is 31.1 Å². The van der Waals surface area contributed by atoms with Crippen LogP contribution in [0.15, 0.2) is 64.3 Å². The molecule has 0 radical (unpaired) electrons. The molecule has 38 heavy (non-hydrogen) atoms. The van der Waals surface area contributed by atoms with Gasteiger partial charge in [0.25, 0.3) is 5.56 Å². The molecular formula is C29H30N2O6S. The maximum absolute atomic E-state index is 14.2. The van der Waals surface area contributed by atoms with E-state index < -0.39 is 10.0 Å². The predicted octanol–water partition coefficient (Wildman–Crippen LogP) is 4.97. The molecule has 0 bridgehead atoms. The monoisotopic (exact) mass is 534 g/mol. The van der Waals surface area contributed by atoms with E-state index >= 15 is 0 Å². The molecule has 0 atom stereocenters. The van der Waals surface area contributed by atoms with Crippen molar-refractivity contribution in [2.45, 2.75) is 45.7 Å². The van der Waals surface area contributed by atoms with Crippen molar-refractivity contribution in [3.8, 4) is 17.2 Å². The molecule has 0 saturated carbocycles. The summed E-state index contributed by atoms with van der Waals surface area (Å²) in [4.78, 5) is 16.2. The van der Waals surface area contributed by atoms with Crippen LogP contribution in [0.4, 0.5) is 0 Å². The van der Waals surface area contributed by atoms with E-state index in [-0.39, 0.29) is 30.3 Å². The van der Waals surface area contributed by atoms with E-state index in [1.54, 1.807) is 44.2 Å². The van der Waals surface area contributed by atoms with Crippen molar-refractivity contribution in [3.05, 3.63) is 92.8 Å². The van der Waals surface area contributed by atoms with E-state index in [1.165, 1.54) is 4.31 Å². The van der Waals surface area contributed by atoms with Gasteiger partial charge in [-0.1, -0.05) is 23.8 Å². The van der Waals surface area contributed by atoms with E-state index in [1.807, 2.05) is 38.1 Å². The summed E-state index contributed by atoms with van der Waals surface area (Å²) < 4.78 is 46.2. The molecule has 9 heteroatoms. The van der Waals surface area contributed by atoms with E-state index in [2.05, 4.69) is 4.98 Å². The molecular weight excluding hydrogens is 504 g/mol. The van der Waals surface area contributed by atoms with Crippen molar-refractivity contribution in [1.29, 1.82) is 0 Å². The van der Waals surface area contributed by atoms with E-state index in [9.17, 15) is 13.2 Å². The molecule has 198 valence electrons. The number of H-pyrrole nitrogens is 1. The minimum atomic E-state index is -3.99. The number of sulfonamides is 1. The Morgan fingerprint density at radius 1 is 0.921 bits per heavy atom. The van der Waals surface area contributed by atoms with Crippen LogP contribution in [0, 0.1) is 20.8 Å². The SMILES string of the molecule is CCOc1ccc2[nH]c(=O)c(CN(Cc3ccc4c(c3)OCO4)S(=O)(=O)c3c(C)cc(C)cc3C)cc2c1. The van der Waals surface area contributed by atoms with Crippen LogP contribution in [0.5, 0.6) is 17.2 Å². The molecule has 1 aromatic heterocycles. The summed E-state index contributed by atoms with van der Waals surface area (Å²) in [5, 5.41) is 0.758. The number of hydrogen-bond acceptors (Lipinski definition) is 6. The van der Waals surface area contributed by atoms with Crippen molar-refractivity contribution in [2.24, 2.45) is 0 Å². The average Bonchev–Trinajstić information content (AvgIpc) is 3.31. The topological polar surface area (TPSA) is 97.9 Å². The lowest BCUT2D eigenvalue weighted by molar-refractivity contribution is 0.174. The maximum atomic E-state index is 14.2. The number of pyridine rings is 1. The van der Waals surface area contributed by atoms with Gasteiger partial charge < -0.3 is 19.2 Å². The number of fused-ring (bicyclic) bond motifs is 2. The standard InChI is InChI=1S/C29H30N2O6S/c1-5-35-24-7-8-25-22(14-24)13-23(29(32)30-25)16-31(15-21-6-9-26-27(12-21)37-17-36-26)38(33,34)28-19(3)10-18(2)11-20(28)4/h6-14H,5,15-17H2,1-4H3,(H,30,32). The number of benzene rings is 3. The van der Waals surface area contributed by atoms with Gasteiger partial charge in [-0.2, -0.15) is 4.31 Å². The Labute approximate surface area is 221 Å². The first-order valence-corrected chi connectivity index (χ1v) is 13.8. The number of ether oxygens (including phenoxy) is 3. The lowest BCUT2D eigenvalue weighted by Crippen LogP contribution is -2.33. The van der Waals surface area contributed by atoms with Crippen molar-refractivity contribution in [3.63, 3.8) is 0 Å². The predicted molar refractivity (Wildman–Crippen MR) is 145 cm³/mol. The van der Waals surface area contributed by atoms with Gasteiger partial charge in [-0.25, -0.2) is 8.42 Å². The van der Waals surface area contributed by atoms with E-state index in [4.69, 9.17) is 14.2 Å². The Balaban J connectivity index is 1.60. The fourth-order valence-corrected chi connectivity index (χ4v) is 6.78. The molecule has 0 saturated heterocycles. The van der Waals surface area contributed by atoms with Gasteiger partial charge in [0.2, 0.25) is 16.8 Å². The fraction of sp³-hybridized carbons (Fsp3) is 0.276. The molecule has 0 amide bonds. The molecule has 8 nitrogen and oxygen atoms in total. The van der Waals surface area contributed by atoms with Gasteiger partial charge in [-0.15, -0.1) is 0 Å². The molecule has 0 fully saturated rings. The van der Waals surface area contributed by atoms with Gasteiger partial charge in [-0.3, -0.25) is 4.79 Å². The zero-order valence-electron chi connectivity index (χ0n) is 21.8. The molecule has 0 spiro atoms. The third kappa shape index (κ3) is 4.99. The summed E-state index contributed by atoms with van der Waals surface area (Å²) in [5.74, 6) is 1.85. The van der Waals surface area contributed by atoms with Gasteiger partial charge in [0.15, 0.2) is 11.5 Å². The van der Waals surface area contributed by atoms with E-state index in [0.717, 1.165) is 16.5 Å². The van der Waals surface area contributed by atoms with Gasteiger partial charge >= 0.3 is 0 Å². The molecule has 4 aromatic rings. The summed E-state index contributed by atoms with van der Waals surface area (Å²) in [5.41, 5.74) is 3.66. The number of aromatic amines is 1. The quantitative estimate of drug-likeness (QED) is 0.343. The Bertz CT molecular complexity index is 1670. The summed E-state index contributed by atoms with van der Waals surface area (Å²) in [6, 6.07) is 16.2. The summed E-state index contributed by atoms with van der Waals surface area (Å²) >= 11 is 0. The van der Waals surface area contributed by atoms with Crippen LogP contribution in [0.1, 0.15) is 34.7 Å². The third-order valence-electron chi connectivity index (χ3n) is 6.55. The Morgan fingerprint density at radius 3 is 2.39 bits per heavy atom. The maximum Gasteiger partial charge on any atom is 0.252 e. The highest BCUT2D eigenvalue weighted by Gasteiger charge is 2.30. The third-order valence-corrected chi connectivity index (χ3v) is 8.65. The summed E-state index contributed by atoms with van der Waals surface area (Å²) in [7, 11) is -3.99. The Morgan fingerprint density at radius 2 is 1.66 bits per heavy atom. The highest BCUT2D eigenvalue weighted by molar-refractivity contribution is 7.89. The van der Waals surface area contributed by atoms with Gasteiger partial charge in [0, 0.05) is 29.6 Å². The van der Waals surface area contributed by atoms with Gasteiger partial charge in [0.1, 0.15) is 5.75 Å². The van der Waals surface area contributed by atoms with Crippen LogP contribution >= 0.6 is 0 Å². The van der Waals surface area contributed by atoms with Crippen molar-refractivity contribution in [2.75, 3.05) is 13.4 Å². The Kier molecular flexibility index (Phi) is 6.90. The Hall–Kier alpha value is -3.82. The first-order chi connectivity index (χ1) is 18.2. The molecule has 1 aliphatic rings. The molecule has 3 aromatic carbocycles. The van der Waals surface area contributed by atoms with Crippen molar-refractivity contribution < 1.29 is 22.6 Å². The largest absolute Gasteiger partial charge is 0.494 e. The second kappa shape index (κ2) is 10.2. The summed E-state index contributed by atoms with van der Waals surface area (Å²) in [6.45, 7) is 7.99. The molecule has 1 aliphatic heterocycles.